The summed E-state index contributed by atoms with van der Waals surface area (Å²) >= 11 is 0. The van der Waals surface area contributed by atoms with Crippen molar-refractivity contribution >= 4 is 0 Å². The maximum absolute atomic E-state index is 13.2. The molecule has 0 bridgehead atoms. The van der Waals surface area contributed by atoms with Gasteiger partial charge in [0.15, 0.2) is 0 Å². The molecular weight excluding hydrogens is 281 g/mol. The number of piperazine rings is 1. The van der Waals surface area contributed by atoms with E-state index in [1.807, 2.05) is 6.92 Å². The molecular formula is C17H24FN3O. The van der Waals surface area contributed by atoms with Gasteiger partial charge in [0.25, 0.3) is 0 Å². The average molecular weight is 305 g/mol. The zero-order chi connectivity index (χ0) is 16.1. The van der Waals surface area contributed by atoms with E-state index in [1.54, 1.807) is 6.07 Å². The highest BCUT2D eigenvalue weighted by molar-refractivity contribution is 5.37. The van der Waals surface area contributed by atoms with Crippen LogP contribution in [0.1, 0.15) is 31.4 Å². The summed E-state index contributed by atoms with van der Waals surface area (Å²) in [5, 5.41) is 18.7. The van der Waals surface area contributed by atoms with E-state index in [0.717, 1.165) is 31.6 Å². The van der Waals surface area contributed by atoms with E-state index >= 15 is 0 Å². The van der Waals surface area contributed by atoms with E-state index < -0.39 is 0 Å². The molecule has 1 fully saturated rings. The van der Waals surface area contributed by atoms with Gasteiger partial charge in [0, 0.05) is 38.8 Å². The van der Waals surface area contributed by atoms with E-state index in [4.69, 9.17) is 5.26 Å². The van der Waals surface area contributed by atoms with Crippen LogP contribution in [0, 0.1) is 17.1 Å². The van der Waals surface area contributed by atoms with Crippen LogP contribution in [0.5, 0.6) is 0 Å². The maximum atomic E-state index is 13.2. The molecule has 2 atom stereocenters. The normalized spacial score (nSPS) is 21.5. The monoisotopic (exact) mass is 305 g/mol. The molecule has 1 N–H and O–H groups in total. The van der Waals surface area contributed by atoms with Crippen LogP contribution in [0.15, 0.2) is 18.2 Å². The number of halogens is 1. The fourth-order valence-electron chi connectivity index (χ4n) is 3.10. The molecule has 0 unspecified atom stereocenters. The van der Waals surface area contributed by atoms with Crippen molar-refractivity contribution in [1.29, 1.82) is 5.26 Å². The smallest absolute Gasteiger partial charge is 0.124 e. The molecule has 0 aliphatic carbocycles. The SMILES string of the molecule is CC[C@@H]1CN(Cc2ccc(F)cc2C#N)CCN1C[C@@H](C)O. The molecule has 0 aromatic heterocycles. The molecule has 5 heteroatoms. The average Bonchev–Trinajstić information content (AvgIpc) is 2.49. The van der Waals surface area contributed by atoms with Crippen LogP contribution >= 0.6 is 0 Å². The molecule has 22 heavy (non-hydrogen) atoms. The minimum absolute atomic E-state index is 0.317. The number of aliphatic hydroxyl groups excluding tert-OH is 1. The number of β-amino-alcohol motifs (C(OH)–C–C–N with tert-alkyl or cyclic N) is 1. The summed E-state index contributed by atoms with van der Waals surface area (Å²) in [7, 11) is 0. The van der Waals surface area contributed by atoms with E-state index in [0.29, 0.717) is 24.7 Å². The first-order chi connectivity index (χ1) is 10.5. The Kier molecular flexibility index (Phi) is 5.90. The summed E-state index contributed by atoms with van der Waals surface area (Å²) < 4.78 is 13.2. The topological polar surface area (TPSA) is 50.5 Å². The van der Waals surface area contributed by atoms with Crippen molar-refractivity contribution in [1.82, 2.24) is 9.80 Å². The fourth-order valence-corrected chi connectivity index (χ4v) is 3.10. The first-order valence-corrected chi connectivity index (χ1v) is 7.86. The molecule has 1 aromatic carbocycles. The predicted octanol–water partition coefficient (Wildman–Crippen LogP) is 1.97. The van der Waals surface area contributed by atoms with E-state index in [2.05, 4.69) is 22.8 Å². The lowest BCUT2D eigenvalue weighted by Gasteiger charge is -2.41. The zero-order valence-electron chi connectivity index (χ0n) is 13.3. The molecule has 1 saturated heterocycles. The van der Waals surface area contributed by atoms with E-state index in [9.17, 15) is 9.50 Å². The first-order valence-electron chi connectivity index (χ1n) is 7.86. The molecule has 1 heterocycles. The van der Waals surface area contributed by atoms with Gasteiger partial charge in [-0.05, 0) is 31.0 Å². The summed E-state index contributed by atoms with van der Waals surface area (Å²) in [5.41, 5.74) is 1.29. The molecule has 0 amide bonds. The zero-order valence-corrected chi connectivity index (χ0v) is 13.3. The highest BCUT2D eigenvalue weighted by atomic mass is 19.1. The lowest BCUT2D eigenvalue weighted by molar-refractivity contribution is 0.0337. The van der Waals surface area contributed by atoms with Gasteiger partial charge in [-0.25, -0.2) is 4.39 Å². The Hall–Kier alpha value is -1.48. The highest BCUT2D eigenvalue weighted by Gasteiger charge is 2.26. The summed E-state index contributed by atoms with van der Waals surface area (Å²) in [4.78, 5) is 4.64. The van der Waals surface area contributed by atoms with Crippen LogP contribution < -0.4 is 0 Å². The van der Waals surface area contributed by atoms with Gasteiger partial charge in [-0.2, -0.15) is 5.26 Å². The fraction of sp³-hybridized carbons (Fsp3) is 0.588. The lowest BCUT2D eigenvalue weighted by atomic mass is 10.0. The molecule has 4 nitrogen and oxygen atoms in total. The minimum atomic E-state index is -0.367. The second kappa shape index (κ2) is 7.68. The molecule has 0 spiro atoms. The van der Waals surface area contributed by atoms with Crippen LogP contribution in [0.2, 0.25) is 0 Å². The second-order valence-electron chi connectivity index (χ2n) is 6.05. The Balaban J connectivity index is 2.02. The molecule has 2 rings (SSSR count). The van der Waals surface area contributed by atoms with Gasteiger partial charge >= 0.3 is 0 Å². The third-order valence-corrected chi connectivity index (χ3v) is 4.25. The van der Waals surface area contributed by atoms with Crippen molar-refractivity contribution in [3.8, 4) is 6.07 Å². The van der Waals surface area contributed by atoms with E-state index in [-0.39, 0.29) is 11.9 Å². The van der Waals surface area contributed by atoms with Crippen molar-refractivity contribution in [2.24, 2.45) is 0 Å². The second-order valence-corrected chi connectivity index (χ2v) is 6.05. The Morgan fingerprint density at radius 1 is 1.45 bits per heavy atom. The van der Waals surface area contributed by atoms with Gasteiger partial charge in [-0.15, -0.1) is 0 Å². The third-order valence-electron chi connectivity index (χ3n) is 4.25. The molecule has 0 radical (unpaired) electrons. The van der Waals surface area contributed by atoms with Gasteiger partial charge in [-0.3, -0.25) is 9.80 Å². The number of rotatable bonds is 5. The number of nitrogens with zero attached hydrogens (tertiary/aromatic N) is 3. The van der Waals surface area contributed by atoms with Crippen LogP contribution in [-0.2, 0) is 6.54 Å². The van der Waals surface area contributed by atoms with Crippen molar-refractivity contribution in [2.45, 2.75) is 39.0 Å². The number of benzene rings is 1. The summed E-state index contributed by atoms with van der Waals surface area (Å²) in [6.45, 7) is 8.05. The largest absolute Gasteiger partial charge is 0.392 e. The van der Waals surface area contributed by atoms with Crippen LogP contribution in [0.3, 0.4) is 0 Å². The number of hydrogen-bond acceptors (Lipinski definition) is 4. The Bertz CT molecular complexity index is 541. The van der Waals surface area contributed by atoms with Gasteiger partial charge in [-0.1, -0.05) is 13.0 Å². The van der Waals surface area contributed by atoms with Crippen LogP contribution in [-0.4, -0.2) is 53.2 Å². The third kappa shape index (κ3) is 4.26. The van der Waals surface area contributed by atoms with Crippen LogP contribution in [0.4, 0.5) is 4.39 Å². The summed E-state index contributed by atoms with van der Waals surface area (Å²) in [6, 6.07) is 6.91. The summed E-state index contributed by atoms with van der Waals surface area (Å²) in [5.74, 6) is -0.367. The molecule has 0 saturated carbocycles. The van der Waals surface area contributed by atoms with Crippen molar-refractivity contribution in [2.75, 3.05) is 26.2 Å². The maximum Gasteiger partial charge on any atom is 0.124 e. The van der Waals surface area contributed by atoms with Crippen molar-refractivity contribution in [3.05, 3.63) is 35.1 Å². The molecule has 1 aliphatic rings. The first kappa shape index (κ1) is 16.9. The molecule has 1 aromatic rings. The number of nitriles is 1. The van der Waals surface area contributed by atoms with Crippen molar-refractivity contribution in [3.63, 3.8) is 0 Å². The summed E-state index contributed by atoms with van der Waals surface area (Å²) in [6.07, 6.45) is 0.709. The Morgan fingerprint density at radius 3 is 2.86 bits per heavy atom. The predicted molar refractivity (Wildman–Crippen MR) is 83.7 cm³/mol. The molecule has 1 aliphatic heterocycles. The number of aliphatic hydroxyl groups is 1. The van der Waals surface area contributed by atoms with E-state index in [1.165, 1.54) is 12.1 Å². The van der Waals surface area contributed by atoms with Crippen LogP contribution in [0.25, 0.3) is 0 Å². The highest BCUT2D eigenvalue weighted by Crippen LogP contribution is 2.18. The Labute approximate surface area is 131 Å². The van der Waals surface area contributed by atoms with Gasteiger partial charge in [0.05, 0.1) is 17.7 Å². The van der Waals surface area contributed by atoms with Gasteiger partial charge in [0.1, 0.15) is 5.82 Å². The van der Waals surface area contributed by atoms with Crippen molar-refractivity contribution < 1.29 is 9.50 Å². The lowest BCUT2D eigenvalue weighted by Crippen LogP contribution is -2.54. The standard InChI is InChI=1S/C17H24FN3O/c1-3-17-12-20(6-7-21(17)10-13(2)22)11-14-4-5-16(18)8-15(14)9-19/h4-5,8,13,17,22H,3,6-7,10-12H2,1-2H3/t13-,17-/m1/s1. The Morgan fingerprint density at radius 2 is 2.23 bits per heavy atom. The van der Waals surface area contributed by atoms with Gasteiger partial charge in [0.2, 0.25) is 0 Å². The number of hydrogen-bond donors (Lipinski definition) is 1. The quantitative estimate of drug-likeness (QED) is 0.904. The van der Waals surface area contributed by atoms with Gasteiger partial charge < -0.3 is 5.11 Å². The minimum Gasteiger partial charge on any atom is -0.392 e. The molecule has 120 valence electrons.